The van der Waals surface area contributed by atoms with Crippen LogP contribution in [0.1, 0.15) is 5.56 Å². The van der Waals surface area contributed by atoms with E-state index in [4.69, 9.17) is 19.4 Å². The Bertz CT molecular complexity index is 2650. The first kappa shape index (κ1) is 28.3. The topological polar surface area (TPSA) is 75.6 Å². The summed E-state index contributed by atoms with van der Waals surface area (Å²) in [4.78, 5) is 14.6. The zero-order chi connectivity index (χ0) is 32.7. The van der Waals surface area contributed by atoms with Crippen LogP contribution < -0.4 is 0 Å². The van der Waals surface area contributed by atoms with E-state index in [-0.39, 0.29) is 0 Å². The van der Waals surface area contributed by atoms with E-state index in [9.17, 15) is 5.26 Å². The fourth-order valence-corrected chi connectivity index (χ4v) is 6.60. The van der Waals surface area contributed by atoms with Crippen LogP contribution in [-0.4, -0.2) is 15.0 Å². The van der Waals surface area contributed by atoms with E-state index in [0.29, 0.717) is 23.0 Å². The molecule has 0 atom stereocenters. The van der Waals surface area contributed by atoms with Crippen LogP contribution in [0, 0.1) is 11.3 Å². The molecule has 9 aromatic rings. The van der Waals surface area contributed by atoms with Crippen molar-refractivity contribution >= 4 is 32.7 Å². The minimum atomic E-state index is 0.608. The predicted octanol–water partition coefficient (Wildman–Crippen LogP) is 11.1. The van der Waals surface area contributed by atoms with Crippen LogP contribution in [0.4, 0.5) is 0 Å². The Balaban J connectivity index is 1.13. The van der Waals surface area contributed by atoms with Gasteiger partial charge in [-0.1, -0.05) is 133 Å². The molecule has 228 valence electrons. The highest BCUT2D eigenvalue weighted by molar-refractivity contribution is 6.20. The van der Waals surface area contributed by atoms with E-state index in [1.165, 1.54) is 0 Å². The summed E-state index contributed by atoms with van der Waals surface area (Å²) in [6, 6.07) is 55.4. The van der Waals surface area contributed by atoms with Gasteiger partial charge in [0.05, 0.1) is 11.6 Å². The summed E-state index contributed by atoms with van der Waals surface area (Å²) in [5.74, 6) is 1.90. The lowest BCUT2D eigenvalue weighted by molar-refractivity contribution is 0.672. The molecule has 0 bridgehead atoms. The molecule has 0 unspecified atom stereocenters. The van der Waals surface area contributed by atoms with Crippen molar-refractivity contribution in [3.63, 3.8) is 0 Å². The molecule has 0 aliphatic rings. The van der Waals surface area contributed by atoms with Crippen LogP contribution in [0.15, 0.2) is 162 Å². The standard InChI is InChI=1S/C44H26N4O/c45-27-34-17-10-20-39-40(34)38-26-37(35-18-7-8-19-36(35)41(38)49-39)33-16-9-15-32(25-33)28-21-23-31(24-22-28)44-47-42(29-11-3-1-4-12-29)46-43(48-44)30-13-5-2-6-14-30/h1-26H. The van der Waals surface area contributed by atoms with Crippen molar-refractivity contribution in [2.45, 2.75) is 0 Å². The first-order chi connectivity index (χ1) is 24.2. The molecular weight excluding hydrogens is 601 g/mol. The van der Waals surface area contributed by atoms with Gasteiger partial charge in [0.25, 0.3) is 0 Å². The summed E-state index contributed by atoms with van der Waals surface area (Å²) < 4.78 is 6.34. The number of rotatable bonds is 5. The number of hydrogen-bond acceptors (Lipinski definition) is 5. The molecule has 2 heterocycles. The predicted molar refractivity (Wildman–Crippen MR) is 197 cm³/mol. The van der Waals surface area contributed by atoms with Gasteiger partial charge in [-0.25, -0.2) is 15.0 Å². The Labute approximate surface area is 282 Å². The molecule has 0 radical (unpaired) electrons. The van der Waals surface area contributed by atoms with Crippen LogP contribution in [-0.2, 0) is 0 Å². The Kier molecular flexibility index (Phi) is 6.78. The third-order valence-electron chi connectivity index (χ3n) is 8.97. The number of fused-ring (bicyclic) bond motifs is 5. The highest BCUT2D eigenvalue weighted by atomic mass is 16.3. The first-order valence-corrected chi connectivity index (χ1v) is 16.1. The smallest absolute Gasteiger partial charge is 0.164 e. The maximum Gasteiger partial charge on any atom is 0.164 e. The van der Waals surface area contributed by atoms with Gasteiger partial charge in [-0.15, -0.1) is 0 Å². The summed E-state index contributed by atoms with van der Waals surface area (Å²) in [5, 5.41) is 13.8. The van der Waals surface area contributed by atoms with E-state index in [1.807, 2.05) is 84.9 Å². The minimum absolute atomic E-state index is 0.608. The van der Waals surface area contributed by atoms with Crippen molar-refractivity contribution in [3.8, 4) is 62.5 Å². The lowest BCUT2D eigenvalue weighted by Gasteiger charge is -2.11. The number of nitrogens with zero attached hydrogens (tertiary/aromatic N) is 4. The highest BCUT2D eigenvalue weighted by Gasteiger charge is 2.17. The SMILES string of the molecule is N#Cc1cccc2oc3c4ccccc4c(-c4cccc(-c5ccc(-c6nc(-c7ccccc7)nc(-c7ccccc7)n6)cc5)c4)cc3c12. The summed E-state index contributed by atoms with van der Waals surface area (Å²) in [6.07, 6.45) is 0. The number of benzene rings is 7. The fourth-order valence-electron chi connectivity index (χ4n) is 6.60. The molecule has 0 saturated heterocycles. The molecule has 9 rings (SSSR count). The van der Waals surface area contributed by atoms with Crippen LogP contribution in [0.25, 0.3) is 89.1 Å². The maximum atomic E-state index is 9.90. The van der Waals surface area contributed by atoms with E-state index in [2.05, 4.69) is 78.9 Å². The third kappa shape index (κ3) is 5.00. The van der Waals surface area contributed by atoms with Gasteiger partial charge in [0.2, 0.25) is 0 Å². The van der Waals surface area contributed by atoms with Gasteiger partial charge in [-0.2, -0.15) is 5.26 Å². The van der Waals surface area contributed by atoms with Crippen molar-refractivity contribution in [2.24, 2.45) is 0 Å². The quantitative estimate of drug-likeness (QED) is 0.190. The van der Waals surface area contributed by atoms with Gasteiger partial charge in [0.1, 0.15) is 11.2 Å². The van der Waals surface area contributed by atoms with Gasteiger partial charge in [-0.3, -0.25) is 0 Å². The number of furan rings is 1. The number of nitriles is 1. The van der Waals surface area contributed by atoms with Crippen LogP contribution in [0.3, 0.4) is 0 Å². The van der Waals surface area contributed by atoms with Gasteiger partial charge in [-0.05, 0) is 51.9 Å². The number of hydrogen-bond donors (Lipinski definition) is 0. The monoisotopic (exact) mass is 626 g/mol. The normalized spacial score (nSPS) is 11.2. The molecule has 0 aliphatic heterocycles. The van der Waals surface area contributed by atoms with Crippen molar-refractivity contribution in [2.75, 3.05) is 0 Å². The van der Waals surface area contributed by atoms with E-state index < -0.39 is 0 Å². The Morgan fingerprint density at radius 1 is 0.429 bits per heavy atom. The van der Waals surface area contributed by atoms with Gasteiger partial charge < -0.3 is 4.42 Å². The molecular formula is C44H26N4O. The molecule has 0 fully saturated rings. The van der Waals surface area contributed by atoms with Crippen LogP contribution in [0.2, 0.25) is 0 Å². The molecule has 2 aromatic heterocycles. The third-order valence-corrected chi connectivity index (χ3v) is 8.97. The van der Waals surface area contributed by atoms with Gasteiger partial charge >= 0.3 is 0 Å². The number of aromatic nitrogens is 3. The largest absolute Gasteiger partial charge is 0.455 e. The average Bonchev–Trinajstić information content (AvgIpc) is 3.57. The summed E-state index contributed by atoms with van der Waals surface area (Å²) in [5.41, 5.74) is 9.26. The molecule has 0 N–H and O–H groups in total. The molecule has 5 nitrogen and oxygen atoms in total. The maximum absolute atomic E-state index is 9.90. The molecule has 5 heteroatoms. The van der Waals surface area contributed by atoms with Gasteiger partial charge in [0.15, 0.2) is 17.5 Å². The van der Waals surface area contributed by atoms with Crippen LogP contribution in [0.5, 0.6) is 0 Å². The zero-order valence-corrected chi connectivity index (χ0v) is 26.2. The second-order valence-electron chi connectivity index (χ2n) is 11.9. The molecule has 0 aliphatic carbocycles. The van der Waals surface area contributed by atoms with Crippen molar-refractivity contribution in [3.05, 3.63) is 163 Å². The Morgan fingerprint density at radius 2 is 0.959 bits per heavy atom. The van der Waals surface area contributed by atoms with Crippen molar-refractivity contribution in [1.82, 2.24) is 15.0 Å². The summed E-state index contributed by atoms with van der Waals surface area (Å²) >= 11 is 0. The van der Waals surface area contributed by atoms with E-state index in [0.717, 1.165) is 71.7 Å². The van der Waals surface area contributed by atoms with Crippen molar-refractivity contribution in [1.29, 1.82) is 5.26 Å². The molecule has 0 saturated carbocycles. The zero-order valence-electron chi connectivity index (χ0n) is 26.2. The highest BCUT2D eigenvalue weighted by Crippen LogP contribution is 2.41. The minimum Gasteiger partial charge on any atom is -0.455 e. The molecule has 49 heavy (non-hydrogen) atoms. The van der Waals surface area contributed by atoms with Gasteiger partial charge in [0, 0.05) is 32.8 Å². The second-order valence-corrected chi connectivity index (χ2v) is 11.9. The Morgan fingerprint density at radius 3 is 1.61 bits per heavy atom. The summed E-state index contributed by atoms with van der Waals surface area (Å²) in [6.45, 7) is 0. The molecule has 0 amide bonds. The Hall–Kier alpha value is -6.90. The summed E-state index contributed by atoms with van der Waals surface area (Å²) in [7, 11) is 0. The molecule has 7 aromatic carbocycles. The average molecular weight is 627 g/mol. The van der Waals surface area contributed by atoms with E-state index in [1.54, 1.807) is 0 Å². The molecule has 0 spiro atoms. The first-order valence-electron chi connectivity index (χ1n) is 16.1. The fraction of sp³-hybridized carbons (Fsp3) is 0. The van der Waals surface area contributed by atoms with Crippen molar-refractivity contribution < 1.29 is 4.42 Å². The second kappa shape index (κ2) is 11.7. The van der Waals surface area contributed by atoms with Crippen LogP contribution >= 0.6 is 0 Å². The van der Waals surface area contributed by atoms with E-state index >= 15 is 0 Å². The lowest BCUT2D eigenvalue weighted by atomic mass is 9.92. The lowest BCUT2D eigenvalue weighted by Crippen LogP contribution is -2.00.